The van der Waals surface area contributed by atoms with Gasteiger partial charge in [-0.3, -0.25) is 19.7 Å². The highest BCUT2D eigenvalue weighted by Gasteiger charge is 2.23. The third kappa shape index (κ3) is 4.33. The number of fused-ring (bicyclic) bond motifs is 1. The second-order valence-electron chi connectivity index (χ2n) is 6.60. The number of rotatable bonds is 5. The van der Waals surface area contributed by atoms with Crippen LogP contribution in [0.3, 0.4) is 0 Å². The molecule has 1 aliphatic heterocycles. The van der Waals surface area contributed by atoms with E-state index in [-0.39, 0.29) is 24.1 Å². The van der Waals surface area contributed by atoms with E-state index >= 15 is 0 Å². The third-order valence-electron chi connectivity index (χ3n) is 4.61. The van der Waals surface area contributed by atoms with Crippen LogP contribution in [0.5, 0.6) is 11.5 Å². The molecular formula is C21H18N4O5S. The maximum atomic E-state index is 12.6. The van der Waals surface area contributed by atoms with Crippen molar-refractivity contribution in [1.82, 2.24) is 4.98 Å². The molecule has 3 amide bonds. The van der Waals surface area contributed by atoms with Crippen molar-refractivity contribution in [2.45, 2.75) is 0 Å². The molecule has 2 N–H and O–H groups in total. The maximum absolute atomic E-state index is 12.6. The van der Waals surface area contributed by atoms with Gasteiger partial charge in [-0.05, 0) is 42.5 Å². The van der Waals surface area contributed by atoms with Crippen molar-refractivity contribution in [2.24, 2.45) is 0 Å². The van der Waals surface area contributed by atoms with Crippen molar-refractivity contribution in [3.8, 4) is 11.5 Å². The summed E-state index contributed by atoms with van der Waals surface area (Å²) in [5.74, 6) is 0.261. The Bertz CT molecular complexity index is 1160. The fourth-order valence-electron chi connectivity index (χ4n) is 2.89. The quantitative estimate of drug-likeness (QED) is 0.634. The molecule has 0 bridgehead atoms. The molecular weight excluding hydrogens is 420 g/mol. The second-order valence-corrected chi connectivity index (χ2v) is 7.46. The molecule has 0 spiro atoms. The first-order chi connectivity index (χ1) is 14.9. The van der Waals surface area contributed by atoms with E-state index < -0.39 is 5.91 Å². The normalized spacial score (nSPS) is 12.6. The van der Waals surface area contributed by atoms with E-state index in [9.17, 15) is 14.4 Å². The number of nitrogens with zero attached hydrogens (tertiary/aromatic N) is 2. The lowest BCUT2D eigenvalue weighted by molar-refractivity contribution is -0.120. The second kappa shape index (κ2) is 8.44. The minimum atomic E-state index is -0.438. The standard InChI is InChI=1S/C21H18N4O5S/c1-25-16-9-13(5-8-17(16)30-10-18(25)26)22-20(28)15-11-31-21(23-15)24-19(27)12-3-6-14(29-2)7-4-12/h3-9,11H,10H2,1-2H3,(H,22,28)(H,23,24,27). The Morgan fingerprint density at radius 1 is 1.13 bits per heavy atom. The highest BCUT2D eigenvalue weighted by atomic mass is 32.1. The van der Waals surface area contributed by atoms with E-state index in [2.05, 4.69) is 15.6 Å². The predicted molar refractivity (Wildman–Crippen MR) is 116 cm³/mol. The number of nitrogens with one attached hydrogen (secondary N) is 2. The summed E-state index contributed by atoms with van der Waals surface area (Å²) in [4.78, 5) is 42.4. The summed E-state index contributed by atoms with van der Waals surface area (Å²) < 4.78 is 10.5. The van der Waals surface area contributed by atoms with E-state index in [1.807, 2.05) is 0 Å². The summed E-state index contributed by atoms with van der Waals surface area (Å²) in [6, 6.07) is 11.7. The summed E-state index contributed by atoms with van der Waals surface area (Å²) in [6.07, 6.45) is 0. The van der Waals surface area contributed by atoms with Crippen LogP contribution in [0.1, 0.15) is 20.8 Å². The van der Waals surface area contributed by atoms with E-state index in [4.69, 9.17) is 9.47 Å². The molecule has 31 heavy (non-hydrogen) atoms. The van der Waals surface area contributed by atoms with Gasteiger partial charge in [-0.1, -0.05) is 0 Å². The van der Waals surface area contributed by atoms with Crippen LogP contribution in [0, 0.1) is 0 Å². The summed E-state index contributed by atoms with van der Waals surface area (Å²) in [7, 11) is 3.19. The Labute approximate surface area is 181 Å². The number of hydrogen-bond donors (Lipinski definition) is 2. The van der Waals surface area contributed by atoms with E-state index in [0.717, 1.165) is 11.3 Å². The monoisotopic (exact) mass is 438 g/mol. The van der Waals surface area contributed by atoms with Gasteiger partial charge in [0.15, 0.2) is 11.7 Å². The van der Waals surface area contributed by atoms with Gasteiger partial charge in [0.2, 0.25) is 0 Å². The van der Waals surface area contributed by atoms with Crippen LogP contribution >= 0.6 is 11.3 Å². The molecule has 0 aliphatic carbocycles. The van der Waals surface area contributed by atoms with Gasteiger partial charge in [-0.25, -0.2) is 4.98 Å². The fraction of sp³-hybridized carbons (Fsp3) is 0.143. The molecule has 0 atom stereocenters. The Morgan fingerprint density at radius 2 is 1.90 bits per heavy atom. The van der Waals surface area contributed by atoms with Crippen LogP contribution in [-0.2, 0) is 4.79 Å². The van der Waals surface area contributed by atoms with Gasteiger partial charge < -0.3 is 19.7 Å². The molecule has 0 saturated carbocycles. The molecule has 1 aliphatic rings. The number of amides is 3. The van der Waals surface area contributed by atoms with Gasteiger partial charge in [-0.2, -0.15) is 0 Å². The molecule has 0 fully saturated rings. The summed E-state index contributed by atoms with van der Waals surface area (Å²) in [5.41, 5.74) is 1.66. The van der Waals surface area contributed by atoms with Gasteiger partial charge in [-0.15, -0.1) is 11.3 Å². The Balaban J connectivity index is 1.42. The van der Waals surface area contributed by atoms with Crippen molar-refractivity contribution in [2.75, 3.05) is 36.3 Å². The number of carbonyl (C=O) groups excluding carboxylic acids is 3. The Morgan fingerprint density at radius 3 is 2.65 bits per heavy atom. The molecule has 2 heterocycles. The minimum absolute atomic E-state index is 0.0148. The minimum Gasteiger partial charge on any atom is -0.497 e. The van der Waals surface area contributed by atoms with Gasteiger partial charge in [0.25, 0.3) is 17.7 Å². The summed E-state index contributed by atoms with van der Waals surface area (Å²) in [5, 5.41) is 7.27. The largest absolute Gasteiger partial charge is 0.497 e. The van der Waals surface area contributed by atoms with Crippen LogP contribution in [0.15, 0.2) is 47.8 Å². The summed E-state index contributed by atoms with van der Waals surface area (Å²) >= 11 is 1.14. The predicted octanol–water partition coefficient (Wildman–Crippen LogP) is 3.01. The maximum Gasteiger partial charge on any atom is 0.275 e. The third-order valence-corrected chi connectivity index (χ3v) is 5.37. The van der Waals surface area contributed by atoms with Gasteiger partial charge >= 0.3 is 0 Å². The van der Waals surface area contributed by atoms with Crippen molar-refractivity contribution < 1.29 is 23.9 Å². The highest BCUT2D eigenvalue weighted by molar-refractivity contribution is 7.14. The average molecular weight is 438 g/mol. The van der Waals surface area contributed by atoms with Gasteiger partial charge in [0.1, 0.15) is 17.2 Å². The molecule has 0 saturated heterocycles. The molecule has 3 aromatic rings. The van der Waals surface area contributed by atoms with E-state index in [0.29, 0.717) is 33.6 Å². The first-order valence-electron chi connectivity index (χ1n) is 9.20. The zero-order valence-corrected chi connectivity index (χ0v) is 17.5. The van der Waals surface area contributed by atoms with E-state index in [1.165, 1.54) is 4.90 Å². The summed E-state index contributed by atoms with van der Waals surface area (Å²) in [6.45, 7) is -0.0148. The Hall–Kier alpha value is -3.92. The highest BCUT2D eigenvalue weighted by Crippen LogP contribution is 2.33. The number of hydrogen-bond acceptors (Lipinski definition) is 7. The number of methoxy groups -OCH3 is 1. The number of thiazole rings is 1. The first kappa shape index (κ1) is 20.4. The van der Waals surface area contributed by atoms with Gasteiger partial charge in [0, 0.05) is 23.7 Å². The molecule has 2 aromatic carbocycles. The molecule has 9 nitrogen and oxygen atoms in total. The number of carbonyl (C=O) groups is 3. The molecule has 158 valence electrons. The van der Waals surface area contributed by atoms with Gasteiger partial charge in [0.05, 0.1) is 12.8 Å². The zero-order valence-electron chi connectivity index (χ0n) is 16.7. The van der Waals surface area contributed by atoms with Crippen molar-refractivity contribution in [3.05, 3.63) is 59.1 Å². The molecule has 4 rings (SSSR count). The zero-order chi connectivity index (χ0) is 22.0. The molecule has 0 unspecified atom stereocenters. The lowest BCUT2D eigenvalue weighted by atomic mass is 10.2. The SMILES string of the molecule is COc1ccc(C(=O)Nc2nc(C(=O)Nc3ccc4c(c3)N(C)C(=O)CO4)cs2)cc1. The average Bonchev–Trinajstić information content (AvgIpc) is 3.25. The van der Waals surface area contributed by atoms with Crippen molar-refractivity contribution in [1.29, 1.82) is 0 Å². The smallest absolute Gasteiger partial charge is 0.275 e. The van der Waals surface area contributed by atoms with Crippen LogP contribution in [0.25, 0.3) is 0 Å². The molecule has 10 heteroatoms. The fourth-order valence-corrected chi connectivity index (χ4v) is 3.58. The number of ether oxygens (including phenoxy) is 2. The number of likely N-dealkylation sites (N-methyl/N-ethyl adjacent to an activating group) is 1. The lowest BCUT2D eigenvalue weighted by Crippen LogP contribution is -2.35. The lowest BCUT2D eigenvalue weighted by Gasteiger charge is -2.26. The Kier molecular flexibility index (Phi) is 5.54. The van der Waals surface area contributed by atoms with Crippen LogP contribution in [0.2, 0.25) is 0 Å². The van der Waals surface area contributed by atoms with Crippen LogP contribution in [0.4, 0.5) is 16.5 Å². The van der Waals surface area contributed by atoms with Crippen LogP contribution in [-0.4, -0.2) is 43.5 Å². The first-order valence-corrected chi connectivity index (χ1v) is 10.1. The van der Waals surface area contributed by atoms with E-state index in [1.54, 1.807) is 62.0 Å². The number of anilines is 3. The molecule has 1 aromatic heterocycles. The topological polar surface area (TPSA) is 110 Å². The van der Waals surface area contributed by atoms with Crippen molar-refractivity contribution in [3.63, 3.8) is 0 Å². The number of aromatic nitrogens is 1. The van der Waals surface area contributed by atoms with Crippen LogP contribution < -0.4 is 25.0 Å². The van der Waals surface area contributed by atoms with Crippen molar-refractivity contribution >= 4 is 45.6 Å². The number of benzene rings is 2. The molecule has 0 radical (unpaired) electrons.